The molecule has 0 aliphatic rings. The Morgan fingerprint density at radius 1 is 1.35 bits per heavy atom. The van der Waals surface area contributed by atoms with Crippen molar-refractivity contribution < 1.29 is 9.59 Å². The molecule has 0 unspecified atom stereocenters. The van der Waals surface area contributed by atoms with Gasteiger partial charge in [-0.05, 0) is 22.9 Å². The van der Waals surface area contributed by atoms with E-state index in [0.29, 0.717) is 16.7 Å². The maximum Gasteiger partial charge on any atom is 0.275 e. The molecule has 0 atom stereocenters. The highest BCUT2D eigenvalue weighted by atomic mass is 79.9. The lowest BCUT2D eigenvalue weighted by molar-refractivity contribution is 0.0991. The quantitative estimate of drug-likeness (QED) is 0.855. The molecular weight excluding hydrogens is 328 g/mol. The van der Waals surface area contributed by atoms with E-state index in [1.54, 1.807) is 7.05 Å². The molecule has 2 heterocycles. The number of aryl methyl sites for hydroxylation is 2. The lowest BCUT2D eigenvalue weighted by Crippen LogP contribution is -2.22. The van der Waals surface area contributed by atoms with Crippen molar-refractivity contribution in [2.75, 3.05) is 5.32 Å². The van der Waals surface area contributed by atoms with E-state index >= 15 is 0 Å². The summed E-state index contributed by atoms with van der Waals surface area (Å²) in [5, 5.41) is 10.6. The maximum atomic E-state index is 12.2. The van der Waals surface area contributed by atoms with Gasteiger partial charge in [0.15, 0.2) is 0 Å². The first kappa shape index (κ1) is 14.3. The lowest BCUT2D eigenvalue weighted by Gasteiger charge is -2.07. The number of hydrogen-bond donors (Lipinski definition) is 2. The number of anilines is 1. The minimum atomic E-state index is -0.649. The van der Waals surface area contributed by atoms with E-state index in [2.05, 4.69) is 31.4 Å². The fourth-order valence-corrected chi connectivity index (χ4v) is 2.35. The van der Waals surface area contributed by atoms with Crippen LogP contribution in [0, 0.1) is 0 Å². The van der Waals surface area contributed by atoms with Crippen LogP contribution in [-0.2, 0) is 13.6 Å². The second kappa shape index (κ2) is 5.45. The van der Waals surface area contributed by atoms with Crippen LogP contribution in [0.25, 0.3) is 0 Å². The second-order valence-corrected chi connectivity index (χ2v) is 4.86. The van der Waals surface area contributed by atoms with Crippen molar-refractivity contribution in [1.29, 1.82) is 0 Å². The molecule has 0 saturated heterocycles. The summed E-state index contributed by atoms with van der Waals surface area (Å²) in [5.41, 5.74) is 6.09. The van der Waals surface area contributed by atoms with Crippen LogP contribution < -0.4 is 11.1 Å². The molecule has 3 N–H and O–H groups in total. The van der Waals surface area contributed by atoms with Gasteiger partial charge in [0.2, 0.25) is 0 Å². The average Bonchev–Trinajstić information content (AvgIpc) is 2.93. The van der Waals surface area contributed by atoms with E-state index in [1.807, 2.05) is 6.92 Å². The zero-order valence-corrected chi connectivity index (χ0v) is 12.5. The Balaban J connectivity index is 2.34. The number of primary amides is 1. The van der Waals surface area contributed by atoms with Crippen LogP contribution in [0.1, 0.15) is 27.9 Å². The number of rotatable bonds is 4. The van der Waals surface area contributed by atoms with Crippen LogP contribution in [0.3, 0.4) is 0 Å². The third-order valence-corrected chi connectivity index (χ3v) is 3.31. The van der Waals surface area contributed by atoms with Crippen LogP contribution in [-0.4, -0.2) is 31.4 Å². The Labute approximate surface area is 123 Å². The molecule has 0 radical (unpaired) electrons. The summed E-state index contributed by atoms with van der Waals surface area (Å²) in [4.78, 5) is 23.6. The largest absolute Gasteiger partial charge is 0.364 e. The average molecular weight is 341 g/mol. The van der Waals surface area contributed by atoms with Crippen LogP contribution in [0.15, 0.2) is 16.9 Å². The Morgan fingerprint density at radius 3 is 2.55 bits per heavy atom. The number of nitrogens with one attached hydrogen (secondary N) is 1. The number of hydrogen-bond acceptors (Lipinski definition) is 4. The number of carbonyl (C=O) groups excluding carboxylic acids is 2. The molecule has 0 bridgehead atoms. The third kappa shape index (κ3) is 2.44. The number of aromatic nitrogens is 4. The molecule has 2 aromatic rings. The third-order valence-electron chi connectivity index (χ3n) is 2.73. The van der Waals surface area contributed by atoms with E-state index in [-0.39, 0.29) is 11.4 Å². The van der Waals surface area contributed by atoms with Crippen molar-refractivity contribution in [2.45, 2.75) is 13.5 Å². The van der Waals surface area contributed by atoms with Gasteiger partial charge in [0, 0.05) is 13.6 Å². The van der Waals surface area contributed by atoms with Gasteiger partial charge in [-0.15, -0.1) is 0 Å². The van der Waals surface area contributed by atoms with E-state index in [0.717, 1.165) is 0 Å². The molecule has 2 amide bonds. The highest BCUT2D eigenvalue weighted by Gasteiger charge is 2.20. The SMILES string of the molecule is CCn1ncc(NC(=O)c2c(Br)cnn2C)c1C(N)=O. The van der Waals surface area contributed by atoms with Crippen LogP contribution in [0.5, 0.6) is 0 Å². The fraction of sp³-hybridized carbons (Fsp3) is 0.273. The Kier molecular flexibility index (Phi) is 3.89. The van der Waals surface area contributed by atoms with E-state index < -0.39 is 11.8 Å². The first-order valence-corrected chi connectivity index (χ1v) is 6.59. The van der Waals surface area contributed by atoms with Crippen molar-refractivity contribution in [3.8, 4) is 0 Å². The topological polar surface area (TPSA) is 108 Å². The zero-order chi connectivity index (χ0) is 14.9. The van der Waals surface area contributed by atoms with Gasteiger partial charge in [0.25, 0.3) is 11.8 Å². The molecular formula is C11H13BrN6O2. The second-order valence-electron chi connectivity index (χ2n) is 4.01. The summed E-state index contributed by atoms with van der Waals surface area (Å²) in [6.07, 6.45) is 2.91. The van der Waals surface area contributed by atoms with Gasteiger partial charge >= 0.3 is 0 Å². The number of amides is 2. The fourth-order valence-electron chi connectivity index (χ4n) is 1.82. The molecule has 2 rings (SSSR count). The minimum absolute atomic E-state index is 0.166. The summed E-state index contributed by atoms with van der Waals surface area (Å²) < 4.78 is 3.41. The Hall–Kier alpha value is -2.16. The van der Waals surface area contributed by atoms with E-state index in [1.165, 1.54) is 21.8 Å². The summed E-state index contributed by atoms with van der Waals surface area (Å²) in [6.45, 7) is 2.30. The van der Waals surface area contributed by atoms with Crippen LogP contribution in [0.2, 0.25) is 0 Å². The van der Waals surface area contributed by atoms with Crippen molar-refractivity contribution in [3.05, 3.63) is 28.3 Å². The first-order chi connectivity index (χ1) is 9.45. The Morgan fingerprint density at radius 2 is 2.05 bits per heavy atom. The van der Waals surface area contributed by atoms with E-state index in [9.17, 15) is 9.59 Å². The molecule has 0 fully saturated rings. The standard InChI is InChI=1S/C11H13BrN6O2/c1-3-18-9(10(13)19)7(5-15-18)16-11(20)8-6(12)4-14-17(8)2/h4-5H,3H2,1-2H3,(H2,13,19)(H,16,20). The molecule has 0 saturated carbocycles. The molecule has 2 aromatic heterocycles. The number of nitrogens with zero attached hydrogens (tertiary/aromatic N) is 4. The number of carbonyl (C=O) groups is 2. The molecule has 8 nitrogen and oxygen atoms in total. The van der Waals surface area contributed by atoms with Gasteiger partial charge in [0.05, 0.1) is 22.6 Å². The minimum Gasteiger partial charge on any atom is -0.364 e. The normalized spacial score (nSPS) is 10.6. The van der Waals surface area contributed by atoms with Gasteiger partial charge < -0.3 is 11.1 Å². The smallest absolute Gasteiger partial charge is 0.275 e. The summed E-state index contributed by atoms with van der Waals surface area (Å²) in [6, 6.07) is 0. The molecule has 0 aliphatic carbocycles. The van der Waals surface area contributed by atoms with Gasteiger partial charge in [-0.3, -0.25) is 19.0 Å². The monoisotopic (exact) mass is 340 g/mol. The van der Waals surface area contributed by atoms with Gasteiger partial charge in [-0.25, -0.2) is 0 Å². The van der Waals surface area contributed by atoms with E-state index in [4.69, 9.17) is 5.73 Å². The number of nitrogens with two attached hydrogens (primary N) is 1. The molecule has 9 heteroatoms. The molecule has 0 aliphatic heterocycles. The van der Waals surface area contributed by atoms with Crippen molar-refractivity contribution in [2.24, 2.45) is 12.8 Å². The summed E-state index contributed by atoms with van der Waals surface area (Å²) in [5.74, 6) is -1.06. The molecule has 20 heavy (non-hydrogen) atoms. The molecule has 0 aromatic carbocycles. The maximum absolute atomic E-state index is 12.2. The lowest BCUT2D eigenvalue weighted by atomic mass is 10.3. The first-order valence-electron chi connectivity index (χ1n) is 5.80. The highest BCUT2D eigenvalue weighted by Crippen LogP contribution is 2.19. The van der Waals surface area contributed by atoms with Gasteiger partial charge in [0.1, 0.15) is 11.4 Å². The van der Waals surface area contributed by atoms with Crippen molar-refractivity contribution >= 4 is 33.4 Å². The zero-order valence-electron chi connectivity index (χ0n) is 10.9. The van der Waals surface area contributed by atoms with Crippen molar-refractivity contribution in [3.63, 3.8) is 0 Å². The van der Waals surface area contributed by atoms with Crippen LogP contribution in [0.4, 0.5) is 5.69 Å². The molecule has 106 valence electrons. The summed E-state index contributed by atoms with van der Waals surface area (Å²) >= 11 is 3.24. The van der Waals surface area contributed by atoms with Crippen LogP contribution >= 0.6 is 15.9 Å². The predicted octanol–water partition coefficient (Wildman–Crippen LogP) is 0.750. The highest BCUT2D eigenvalue weighted by molar-refractivity contribution is 9.10. The molecule has 0 spiro atoms. The van der Waals surface area contributed by atoms with Crippen molar-refractivity contribution in [1.82, 2.24) is 19.6 Å². The van der Waals surface area contributed by atoms with Gasteiger partial charge in [-0.2, -0.15) is 10.2 Å². The number of halogens is 1. The predicted molar refractivity (Wildman–Crippen MR) is 75.3 cm³/mol. The van der Waals surface area contributed by atoms with Gasteiger partial charge in [-0.1, -0.05) is 0 Å². The summed E-state index contributed by atoms with van der Waals surface area (Å²) in [7, 11) is 1.64. The Bertz CT molecular complexity index is 655.